The second-order valence-electron chi connectivity index (χ2n) is 4.21. The van der Waals surface area contributed by atoms with E-state index in [1.807, 2.05) is 6.07 Å². The quantitative estimate of drug-likeness (QED) is 0.769. The van der Waals surface area contributed by atoms with Gasteiger partial charge in [0.15, 0.2) is 0 Å². The zero-order valence-electron chi connectivity index (χ0n) is 10.7. The van der Waals surface area contributed by atoms with Crippen molar-refractivity contribution in [3.05, 3.63) is 29.3 Å². The molecule has 0 aliphatic carbocycles. The summed E-state index contributed by atoms with van der Waals surface area (Å²) in [6.45, 7) is 3.36. The van der Waals surface area contributed by atoms with Gasteiger partial charge < -0.3 is 15.7 Å². The minimum absolute atomic E-state index is 0.160. The van der Waals surface area contributed by atoms with Gasteiger partial charge in [-0.25, -0.2) is 4.79 Å². The Kier molecular flexibility index (Phi) is 4.89. The SMILES string of the molecule is Cc1cccc(NC(=O)NC(C)CC(=O)O)c1C#N. The average molecular weight is 261 g/mol. The molecule has 1 unspecified atom stereocenters. The Bertz CT molecular complexity index is 534. The maximum Gasteiger partial charge on any atom is 0.319 e. The van der Waals surface area contributed by atoms with Gasteiger partial charge in [0.1, 0.15) is 6.07 Å². The van der Waals surface area contributed by atoms with Crippen molar-refractivity contribution in [3.8, 4) is 6.07 Å². The number of nitrogens with zero attached hydrogens (tertiary/aromatic N) is 1. The zero-order chi connectivity index (χ0) is 14.4. The normalized spacial score (nSPS) is 11.2. The maximum atomic E-state index is 11.7. The summed E-state index contributed by atoms with van der Waals surface area (Å²) in [6.07, 6.45) is -0.160. The molecule has 1 aromatic rings. The van der Waals surface area contributed by atoms with Crippen molar-refractivity contribution in [1.29, 1.82) is 5.26 Å². The van der Waals surface area contributed by atoms with Gasteiger partial charge in [0.05, 0.1) is 17.7 Å². The summed E-state index contributed by atoms with van der Waals surface area (Å²) in [7, 11) is 0. The molecule has 6 nitrogen and oxygen atoms in total. The molecule has 6 heteroatoms. The number of anilines is 1. The first-order valence-corrected chi connectivity index (χ1v) is 5.73. The van der Waals surface area contributed by atoms with E-state index in [9.17, 15) is 9.59 Å². The van der Waals surface area contributed by atoms with Gasteiger partial charge in [-0.3, -0.25) is 4.79 Å². The van der Waals surface area contributed by atoms with E-state index in [2.05, 4.69) is 10.6 Å². The number of amides is 2. The van der Waals surface area contributed by atoms with Crippen molar-refractivity contribution in [3.63, 3.8) is 0 Å². The van der Waals surface area contributed by atoms with Crippen LogP contribution in [0.4, 0.5) is 10.5 Å². The van der Waals surface area contributed by atoms with Crippen LogP contribution in [0.1, 0.15) is 24.5 Å². The van der Waals surface area contributed by atoms with Crippen LogP contribution in [0.25, 0.3) is 0 Å². The van der Waals surface area contributed by atoms with Gasteiger partial charge in [-0.05, 0) is 25.5 Å². The first kappa shape index (κ1) is 14.5. The second-order valence-corrected chi connectivity index (χ2v) is 4.21. The standard InChI is InChI=1S/C13H15N3O3/c1-8-4-3-5-11(10(8)7-14)16-13(19)15-9(2)6-12(17)18/h3-5,9H,6H2,1-2H3,(H,17,18)(H2,15,16,19). The summed E-state index contributed by atoms with van der Waals surface area (Å²) in [5.41, 5.74) is 1.56. The van der Waals surface area contributed by atoms with E-state index in [-0.39, 0.29) is 6.42 Å². The number of carboxylic acid groups (broad SMARTS) is 1. The van der Waals surface area contributed by atoms with Crippen LogP contribution in [-0.4, -0.2) is 23.1 Å². The topological polar surface area (TPSA) is 102 Å². The number of carbonyl (C=O) groups excluding carboxylic acids is 1. The van der Waals surface area contributed by atoms with Crippen LogP contribution in [0.3, 0.4) is 0 Å². The van der Waals surface area contributed by atoms with E-state index in [1.165, 1.54) is 0 Å². The number of hydrogen-bond donors (Lipinski definition) is 3. The minimum atomic E-state index is -0.985. The summed E-state index contributed by atoms with van der Waals surface area (Å²) < 4.78 is 0. The Labute approximate surface area is 111 Å². The number of hydrogen-bond acceptors (Lipinski definition) is 3. The fraction of sp³-hybridized carbons (Fsp3) is 0.308. The number of nitriles is 1. The molecule has 0 radical (unpaired) electrons. The summed E-state index contributed by atoms with van der Waals surface area (Å²) in [5.74, 6) is -0.985. The average Bonchev–Trinajstić information content (AvgIpc) is 2.27. The Morgan fingerprint density at radius 3 is 2.74 bits per heavy atom. The predicted octanol–water partition coefficient (Wildman–Crippen LogP) is 1.85. The van der Waals surface area contributed by atoms with E-state index in [1.54, 1.807) is 32.0 Å². The first-order valence-electron chi connectivity index (χ1n) is 5.73. The lowest BCUT2D eigenvalue weighted by Gasteiger charge is -2.13. The van der Waals surface area contributed by atoms with Gasteiger partial charge in [0.2, 0.25) is 0 Å². The fourth-order valence-electron chi connectivity index (χ4n) is 1.62. The molecule has 3 N–H and O–H groups in total. The summed E-state index contributed by atoms with van der Waals surface area (Å²) in [4.78, 5) is 22.1. The van der Waals surface area contributed by atoms with Crippen molar-refractivity contribution in [2.24, 2.45) is 0 Å². The summed E-state index contributed by atoms with van der Waals surface area (Å²) in [6, 6.07) is 6.11. The molecule has 0 saturated heterocycles. The number of aliphatic carboxylic acids is 1. The molecule has 1 rings (SSSR count). The third-order valence-electron chi connectivity index (χ3n) is 2.49. The molecule has 0 heterocycles. The third-order valence-corrected chi connectivity index (χ3v) is 2.49. The molecule has 0 spiro atoms. The predicted molar refractivity (Wildman–Crippen MR) is 69.8 cm³/mol. The van der Waals surface area contributed by atoms with E-state index < -0.39 is 18.0 Å². The molecule has 0 aliphatic heterocycles. The van der Waals surface area contributed by atoms with Crippen LogP contribution >= 0.6 is 0 Å². The van der Waals surface area contributed by atoms with Gasteiger partial charge in [0.25, 0.3) is 0 Å². The van der Waals surface area contributed by atoms with Gasteiger partial charge >= 0.3 is 12.0 Å². The maximum absolute atomic E-state index is 11.7. The molecular formula is C13H15N3O3. The van der Waals surface area contributed by atoms with Gasteiger partial charge in [-0.2, -0.15) is 5.26 Å². The second kappa shape index (κ2) is 6.40. The Morgan fingerprint density at radius 2 is 2.16 bits per heavy atom. The van der Waals surface area contributed by atoms with E-state index >= 15 is 0 Å². The van der Waals surface area contributed by atoms with Gasteiger partial charge in [-0.15, -0.1) is 0 Å². The third kappa shape index (κ3) is 4.32. The number of aryl methyl sites for hydroxylation is 1. The number of nitrogens with one attached hydrogen (secondary N) is 2. The Balaban J connectivity index is 2.70. The van der Waals surface area contributed by atoms with E-state index in [0.29, 0.717) is 11.3 Å². The first-order chi connectivity index (χ1) is 8.93. The lowest BCUT2D eigenvalue weighted by molar-refractivity contribution is -0.137. The smallest absolute Gasteiger partial charge is 0.319 e. The summed E-state index contributed by atoms with van der Waals surface area (Å²) in [5, 5.41) is 22.6. The highest BCUT2D eigenvalue weighted by Crippen LogP contribution is 2.18. The van der Waals surface area contributed by atoms with Crippen molar-refractivity contribution in [2.75, 3.05) is 5.32 Å². The molecule has 0 aliphatic rings. The van der Waals surface area contributed by atoms with Gasteiger partial charge in [0, 0.05) is 6.04 Å². The van der Waals surface area contributed by atoms with Crippen molar-refractivity contribution in [1.82, 2.24) is 5.32 Å². The minimum Gasteiger partial charge on any atom is -0.481 e. The molecule has 0 saturated carbocycles. The lowest BCUT2D eigenvalue weighted by atomic mass is 10.1. The highest BCUT2D eigenvalue weighted by molar-refractivity contribution is 5.91. The lowest BCUT2D eigenvalue weighted by Crippen LogP contribution is -2.37. The number of rotatable bonds is 4. The molecular weight excluding hydrogens is 246 g/mol. The molecule has 0 aromatic heterocycles. The molecule has 0 bridgehead atoms. The van der Waals surface area contributed by atoms with Crippen LogP contribution in [0.2, 0.25) is 0 Å². The largest absolute Gasteiger partial charge is 0.481 e. The van der Waals surface area contributed by atoms with E-state index in [0.717, 1.165) is 5.56 Å². The van der Waals surface area contributed by atoms with Gasteiger partial charge in [-0.1, -0.05) is 12.1 Å². The number of urea groups is 1. The highest BCUT2D eigenvalue weighted by atomic mass is 16.4. The Hall–Kier alpha value is -2.55. The van der Waals surface area contributed by atoms with Crippen LogP contribution in [0, 0.1) is 18.3 Å². The number of carboxylic acids is 1. The van der Waals surface area contributed by atoms with Crippen molar-refractivity contribution >= 4 is 17.7 Å². The molecule has 1 aromatic carbocycles. The van der Waals surface area contributed by atoms with Crippen LogP contribution in [-0.2, 0) is 4.79 Å². The zero-order valence-corrected chi connectivity index (χ0v) is 10.7. The van der Waals surface area contributed by atoms with Crippen LogP contribution < -0.4 is 10.6 Å². The van der Waals surface area contributed by atoms with Crippen molar-refractivity contribution < 1.29 is 14.7 Å². The highest BCUT2D eigenvalue weighted by Gasteiger charge is 2.12. The fourth-order valence-corrected chi connectivity index (χ4v) is 1.62. The molecule has 2 amide bonds. The number of carbonyl (C=O) groups is 2. The molecule has 0 fully saturated rings. The number of benzene rings is 1. The van der Waals surface area contributed by atoms with Crippen LogP contribution in [0.5, 0.6) is 0 Å². The van der Waals surface area contributed by atoms with Crippen molar-refractivity contribution in [2.45, 2.75) is 26.3 Å². The Morgan fingerprint density at radius 1 is 1.47 bits per heavy atom. The molecule has 100 valence electrons. The monoisotopic (exact) mass is 261 g/mol. The molecule has 1 atom stereocenters. The molecule has 19 heavy (non-hydrogen) atoms. The van der Waals surface area contributed by atoms with Crippen LogP contribution in [0.15, 0.2) is 18.2 Å². The van der Waals surface area contributed by atoms with E-state index in [4.69, 9.17) is 10.4 Å². The summed E-state index contributed by atoms with van der Waals surface area (Å²) >= 11 is 0.